The molecular weight excluding hydrogens is 232 g/mol. The monoisotopic (exact) mass is 250 g/mol. The van der Waals surface area contributed by atoms with Crippen LogP contribution in [0.25, 0.3) is 0 Å². The topological polar surface area (TPSA) is 82.4 Å². The summed E-state index contributed by atoms with van der Waals surface area (Å²) in [4.78, 5) is 30.0. The summed E-state index contributed by atoms with van der Waals surface area (Å²) < 4.78 is 0. The van der Waals surface area contributed by atoms with Crippen LogP contribution in [0.2, 0.25) is 0 Å². The zero-order valence-corrected chi connectivity index (χ0v) is 10.4. The van der Waals surface area contributed by atoms with E-state index in [1.165, 1.54) is 6.07 Å². The number of H-pyrrole nitrogens is 1. The quantitative estimate of drug-likeness (QED) is 0.712. The molecule has 2 rings (SSSR count). The van der Waals surface area contributed by atoms with Gasteiger partial charge < -0.3 is 20.5 Å². The van der Waals surface area contributed by atoms with Crippen molar-refractivity contribution < 1.29 is 4.79 Å². The van der Waals surface area contributed by atoms with E-state index in [2.05, 4.69) is 9.88 Å². The van der Waals surface area contributed by atoms with Gasteiger partial charge in [0.05, 0.1) is 6.04 Å². The van der Waals surface area contributed by atoms with Crippen molar-refractivity contribution in [2.45, 2.75) is 6.04 Å². The number of carbonyl (C=O) groups excluding carboxylic acids is 1. The summed E-state index contributed by atoms with van der Waals surface area (Å²) in [5.74, 6) is -0.156. The lowest BCUT2D eigenvalue weighted by Crippen LogP contribution is -2.57. The number of hydrogen-bond donors (Lipinski definition) is 2. The fourth-order valence-electron chi connectivity index (χ4n) is 2.21. The minimum absolute atomic E-state index is 0.0000387. The number of amides is 1. The van der Waals surface area contributed by atoms with Gasteiger partial charge in [-0.2, -0.15) is 0 Å². The maximum absolute atomic E-state index is 12.3. The van der Waals surface area contributed by atoms with Gasteiger partial charge in [0.2, 0.25) is 5.56 Å². The van der Waals surface area contributed by atoms with Crippen molar-refractivity contribution in [3.05, 3.63) is 34.2 Å². The molecule has 1 atom stereocenters. The Labute approximate surface area is 105 Å². The van der Waals surface area contributed by atoms with Crippen molar-refractivity contribution in [3.63, 3.8) is 0 Å². The average Bonchev–Trinajstić information content (AvgIpc) is 2.37. The Morgan fingerprint density at radius 1 is 1.50 bits per heavy atom. The number of pyridine rings is 1. The number of nitrogens with one attached hydrogen (secondary N) is 1. The number of rotatable bonds is 2. The second kappa shape index (κ2) is 5.32. The third kappa shape index (κ3) is 2.60. The minimum atomic E-state index is -0.265. The summed E-state index contributed by atoms with van der Waals surface area (Å²) in [5, 5.41) is 0. The molecule has 1 aliphatic rings. The van der Waals surface area contributed by atoms with Gasteiger partial charge in [-0.25, -0.2) is 0 Å². The Morgan fingerprint density at radius 3 is 2.94 bits per heavy atom. The van der Waals surface area contributed by atoms with E-state index < -0.39 is 0 Å². The maximum atomic E-state index is 12.3. The Balaban J connectivity index is 2.20. The molecule has 1 aliphatic heterocycles. The third-order valence-electron chi connectivity index (χ3n) is 3.22. The fourth-order valence-corrected chi connectivity index (χ4v) is 2.21. The molecule has 0 bridgehead atoms. The second-order valence-corrected chi connectivity index (χ2v) is 4.58. The first-order valence-electron chi connectivity index (χ1n) is 6.00. The van der Waals surface area contributed by atoms with Crippen molar-refractivity contribution >= 4 is 5.91 Å². The highest BCUT2D eigenvalue weighted by Crippen LogP contribution is 2.10. The van der Waals surface area contributed by atoms with Gasteiger partial charge in [0, 0.05) is 32.2 Å². The number of carbonyl (C=O) groups is 1. The molecule has 1 fully saturated rings. The SMILES string of the molecule is CN1CCN(C(=O)c2cccc(=O)[nH]2)C(CN)C1. The molecule has 0 radical (unpaired) electrons. The van der Waals surface area contributed by atoms with Crippen LogP contribution in [0.1, 0.15) is 10.5 Å². The van der Waals surface area contributed by atoms with Gasteiger partial charge >= 0.3 is 0 Å². The number of aromatic amines is 1. The maximum Gasteiger partial charge on any atom is 0.270 e. The van der Waals surface area contributed by atoms with Crippen LogP contribution in [0.3, 0.4) is 0 Å². The molecule has 98 valence electrons. The summed E-state index contributed by atoms with van der Waals surface area (Å²) in [5.41, 5.74) is 5.77. The van der Waals surface area contributed by atoms with Crippen LogP contribution in [0.15, 0.2) is 23.0 Å². The molecule has 0 spiro atoms. The highest BCUT2D eigenvalue weighted by Gasteiger charge is 2.28. The number of aromatic nitrogens is 1. The first-order chi connectivity index (χ1) is 8.61. The summed E-state index contributed by atoms with van der Waals surface area (Å²) in [6, 6.07) is 4.59. The van der Waals surface area contributed by atoms with Crippen molar-refractivity contribution in [3.8, 4) is 0 Å². The van der Waals surface area contributed by atoms with Gasteiger partial charge in [0.25, 0.3) is 5.91 Å². The van der Waals surface area contributed by atoms with Gasteiger partial charge in [-0.05, 0) is 13.1 Å². The van der Waals surface area contributed by atoms with Crippen molar-refractivity contribution in [2.75, 3.05) is 33.2 Å². The predicted octanol–water partition coefficient (Wildman–Crippen LogP) is -0.910. The molecule has 1 aromatic rings. The molecule has 1 saturated heterocycles. The van der Waals surface area contributed by atoms with Crippen LogP contribution in [-0.4, -0.2) is 60.0 Å². The Morgan fingerprint density at radius 2 is 2.28 bits per heavy atom. The number of nitrogens with zero attached hydrogens (tertiary/aromatic N) is 2. The van der Waals surface area contributed by atoms with Gasteiger partial charge in [0.1, 0.15) is 5.69 Å². The Kier molecular flexibility index (Phi) is 3.78. The number of likely N-dealkylation sites (N-methyl/N-ethyl adjacent to an activating group) is 1. The number of hydrogen-bond acceptors (Lipinski definition) is 4. The predicted molar refractivity (Wildman–Crippen MR) is 68.4 cm³/mol. The van der Waals surface area contributed by atoms with Crippen LogP contribution < -0.4 is 11.3 Å². The van der Waals surface area contributed by atoms with E-state index in [4.69, 9.17) is 5.73 Å². The standard InChI is InChI=1S/C12H18N4O2/c1-15-5-6-16(9(7-13)8-15)12(18)10-3-2-4-11(17)14-10/h2-4,9H,5-8,13H2,1H3,(H,14,17). The van der Waals surface area contributed by atoms with Crippen molar-refractivity contribution in [2.24, 2.45) is 5.73 Å². The Bertz CT molecular complexity index is 485. The molecule has 18 heavy (non-hydrogen) atoms. The molecule has 0 aliphatic carbocycles. The van der Waals surface area contributed by atoms with Gasteiger partial charge in [-0.3, -0.25) is 9.59 Å². The summed E-state index contributed by atoms with van der Waals surface area (Å²) in [6.45, 7) is 2.64. The van der Waals surface area contributed by atoms with Gasteiger partial charge in [-0.15, -0.1) is 0 Å². The number of nitrogens with two attached hydrogens (primary N) is 1. The van der Waals surface area contributed by atoms with Crippen LogP contribution in [-0.2, 0) is 0 Å². The smallest absolute Gasteiger partial charge is 0.270 e. The van der Waals surface area contributed by atoms with Crippen molar-refractivity contribution in [1.82, 2.24) is 14.8 Å². The van der Waals surface area contributed by atoms with E-state index in [0.717, 1.165) is 13.1 Å². The highest BCUT2D eigenvalue weighted by molar-refractivity contribution is 5.92. The van der Waals surface area contributed by atoms with E-state index in [1.807, 2.05) is 7.05 Å². The lowest BCUT2D eigenvalue weighted by Gasteiger charge is -2.39. The molecule has 6 heteroatoms. The zero-order valence-electron chi connectivity index (χ0n) is 10.4. The third-order valence-corrected chi connectivity index (χ3v) is 3.22. The van der Waals surface area contributed by atoms with E-state index in [9.17, 15) is 9.59 Å². The largest absolute Gasteiger partial charge is 0.331 e. The minimum Gasteiger partial charge on any atom is -0.331 e. The lowest BCUT2D eigenvalue weighted by atomic mass is 10.1. The van der Waals surface area contributed by atoms with Crippen LogP contribution >= 0.6 is 0 Å². The molecule has 2 heterocycles. The summed E-state index contributed by atoms with van der Waals surface area (Å²) in [6.07, 6.45) is 0. The molecule has 6 nitrogen and oxygen atoms in total. The fraction of sp³-hybridized carbons (Fsp3) is 0.500. The molecule has 0 saturated carbocycles. The van der Waals surface area contributed by atoms with E-state index in [1.54, 1.807) is 17.0 Å². The highest BCUT2D eigenvalue weighted by atomic mass is 16.2. The normalized spacial score (nSPS) is 21.0. The van der Waals surface area contributed by atoms with Gasteiger partial charge in [-0.1, -0.05) is 6.07 Å². The first kappa shape index (κ1) is 12.8. The molecule has 1 amide bonds. The lowest BCUT2D eigenvalue weighted by molar-refractivity contribution is 0.0510. The molecule has 1 aromatic heterocycles. The molecule has 0 aromatic carbocycles. The van der Waals surface area contributed by atoms with E-state index in [0.29, 0.717) is 18.8 Å². The van der Waals surface area contributed by atoms with Gasteiger partial charge in [0.15, 0.2) is 0 Å². The van der Waals surface area contributed by atoms with E-state index >= 15 is 0 Å². The first-order valence-corrected chi connectivity index (χ1v) is 6.00. The summed E-state index contributed by atoms with van der Waals surface area (Å²) in [7, 11) is 2.01. The van der Waals surface area contributed by atoms with Crippen LogP contribution in [0.4, 0.5) is 0 Å². The molecular formula is C12H18N4O2. The Hall–Kier alpha value is -1.66. The molecule has 1 unspecified atom stereocenters. The summed E-state index contributed by atoms with van der Waals surface area (Å²) >= 11 is 0. The average molecular weight is 250 g/mol. The van der Waals surface area contributed by atoms with Crippen LogP contribution in [0, 0.1) is 0 Å². The second-order valence-electron chi connectivity index (χ2n) is 4.58. The zero-order chi connectivity index (χ0) is 13.1. The van der Waals surface area contributed by atoms with E-state index in [-0.39, 0.29) is 17.5 Å². The van der Waals surface area contributed by atoms with Crippen molar-refractivity contribution in [1.29, 1.82) is 0 Å². The van der Waals surface area contributed by atoms with Crippen LogP contribution in [0.5, 0.6) is 0 Å². The molecule has 3 N–H and O–H groups in total. The number of piperazine rings is 1.